The van der Waals surface area contributed by atoms with Gasteiger partial charge in [0.25, 0.3) is 11.6 Å². The van der Waals surface area contributed by atoms with Gasteiger partial charge in [0.2, 0.25) is 0 Å². The number of nitro groups is 1. The lowest BCUT2D eigenvalue weighted by Crippen LogP contribution is -2.14. The van der Waals surface area contributed by atoms with E-state index in [-0.39, 0.29) is 22.0 Å². The van der Waals surface area contributed by atoms with Crippen LogP contribution < -0.4 is 14.8 Å². The highest BCUT2D eigenvalue weighted by Crippen LogP contribution is 2.31. The number of anilines is 1. The number of nitrogens with zero attached hydrogens (tertiary/aromatic N) is 1. The van der Waals surface area contributed by atoms with Crippen LogP contribution in [0.25, 0.3) is 0 Å². The van der Waals surface area contributed by atoms with E-state index in [9.17, 15) is 14.9 Å². The molecule has 7 nitrogen and oxygen atoms in total. The van der Waals surface area contributed by atoms with Crippen LogP contribution >= 0.6 is 11.6 Å². The van der Waals surface area contributed by atoms with Crippen LogP contribution in [0, 0.1) is 10.1 Å². The van der Waals surface area contributed by atoms with Crippen LogP contribution in [0.2, 0.25) is 5.02 Å². The second-order valence-corrected chi connectivity index (χ2v) is 4.82. The molecule has 0 aliphatic heterocycles. The van der Waals surface area contributed by atoms with Gasteiger partial charge in [0.1, 0.15) is 22.1 Å². The molecule has 0 bridgehead atoms. The Morgan fingerprint density at radius 1 is 1.17 bits per heavy atom. The summed E-state index contributed by atoms with van der Waals surface area (Å²) in [4.78, 5) is 22.7. The van der Waals surface area contributed by atoms with Gasteiger partial charge in [-0.1, -0.05) is 17.7 Å². The molecule has 0 saturated heterocycles. The van der Waals surface area contributed by atoms with Gasteiger partial charge in [-0.3, -0.25) is 14.9 Å². The zero-order chi connectivity index (χ0) is 17.0. The largest absolute Gasteiger partial charge is 0.496 e. The second kappa shape index (κ2) is 6.97. The number of benzene rings is 2. The second-order valence-electron chi connectivity index (χ2n) is 4.41. The number of carbonyl (C=O) groups is 1. The topological polar surface area (TPSA) is 90.7 Å². The first kappa shape index (κ1) is 16.6. The summed E-state index contributed by atoms with van der Waals surface area (Å²) in [5.41, 5.74) is 0.130. The van der Waals surface area contributed by atoms with Gasteiger partial charge in [-0.2, -0.15) is 0 Å². The fourth-order valence-corrected chi connectivity index (χ4v) is 2.19. The maximum atomic E-state index is 12.5. The van der Waals surface area contributed by atoms with Crippen LogP contribution in [0.4, 0.5) is 11.4 Å². The summed E-state index contributed by atoms with van der Waals surface area (Å²) in [6.45, 7) is 0. The third-order valence-electron chi connectivity index (χ3n) is 3.06. The monoisotopic (exact) mass is 336 g/mol. The van der Waals surface area contributed by atoms with E-state index in [1.165, 1.54) is 32.4 Å². The normalized spacial score (nSPS) is 10.0. The first-order chi connectivity index (χ1) is 11.0. The highest BCUT2D eigenvalue weighted by Gasteiger charge is 2.20. The number of nitro benzene ring substituents is 1. The minimum Gasteiger partial charge on any atom is -0.496 e. The molecule has 0 aliphatic carbocycles. The molecule has 0 aliphatic rings. The van der Waals surface area contributed by atoms with Crippen LogP contribution in [-0.2, 0) is 0 Å². The molecule has 1 N–H and O–H groups in total. The SMILES string of the molecule is COc1cccc(OC)c1C(=O)Nc1ccc(Cl)c([N+](=O)[O-])c1. The summed E-state index contributed by atoms with van der Waals surface area (Å²) in [6.07, 6.45) is 0. The summed E-state index contributed by atoms with van der Waals surface area (Å²) < 4.78 is 10.3. The summed E-state index contributed by atoms with van der Waals surface area (Å²) in [7, 11) is 2.86. The van der Waals surface area contributed by atoms with E-state index in [1.54, 1.807) is 18.2 Å². The van der Waals surface area contributed by atoms with Gasteiger partial charge in [0.05, 0.1) is 19.1 Å². The zero-order valence-electron chi connectivity index (χ0n) is 12.3. The molecule has 0 heterocycles. The van der Waals surface area contributed by atoms with Gasteiger partial charge < -0.3 is 14.8 Å². The van der Waals surface area contributed by atoms with Crippen LogP contribution in [0.1, 0.15) is 10.4 Å². The average molecular weight is 337 g/mol. The van der Waals surface area contributed by atoms with Crippen LogP contribution in [0.3, 0.4) is 0 Å². The van der Waals surface area contributed by atoms with Gasteiger partial charge in [-0.15, -0.1) is 0 Å². The Kier molecular flexibility index (Phi) is 5.02. The number of nitrogens with one attached hydrogen (secondary N) is 1. The van der Waals surface area contributed by atoms with Crippen molar-refractivity contribution in [1.29, 1.82) is 0 Å². The van der Waals surface area contributed by atoms with Gasteiger partial charge >= 0.3 is 0 Å². The number of rotatable bonds is 5. The lowest BCUT2D eigenvalue weighted by molar-refractivity contribution is -0.384. The van der Waals surface area contributed by atoms with Crippen molar-refractivity contribution >= 4 is 28.9 Å². The molecule has 0 unspecified atom stereocenters. The van der Waals surface area contributed by atoms with Crippen molar-refractivity contribution in [2.45, 2.75) is 0 Å². The van der Waals surface area contributed by atoms with E-state index in [1.807, 2.05) is 0 Å². The number of amides is 1. The molecule has 0 spiro atoms. The molecule has 0 fully saturated rings. The third kappa shape index (κ3) is 3.51. The molecule has 2 aromatic rings. The Balaban J connectivity index is 2.37. The Morgan fingerprint density at radius 2 is 1.78 bits per heavy atom. The molecule has 0 saturated carbocycles. The molecular formula is C15H13ClN2O5. The van der Waals surface area contributed by atoms with Crippen molar-refractivity contribution in [3.63, 3.8) is 0 Å². The number of halogens is 1. The van der Waals surface area contributed by atoms with Crippen molar-refractivity contribution < 1.29 is 19.2 Å². The predicted octanol–water partition coefficient (Wildman–Crippen LogP) is 3.52. The molecule has 1 amide bonds. The van der Waals surface area contributed by atoms with Crippen molar-refractivity contribution in [3.05, 3.63) is 57.1 Å². The summed E-state index contributed by atoms with van der Waals surface area (Å²) in [5.74, 6) is 0.131. The zero-order valence-corrected chi connectivity index (χ0v) is 13.1. The van der Waals surface area contributed by atoms with Gasteiger partial charge in [0, 0.05) is 11.8 Å². The number of carbonyl (C=O) groups excluding carboxylic acids is 1. The lowest BCUT2D eigenvalue weighted by atomic mass is 10.1. The standard InChI is InChI=1S/C15H13ClN2O5/c1-22-12-4-3-5-13(23-2)14(12)15(19)17-9-6-7-10(16)11(8-9)18(20)21/h3-8H,1-2H3,(H,17,19). The fourth-order valence-electron chi connectivity index (χ4n) is 2.00. The maximum absolute atomic E-state index is 12.5. The van der Waals surface area contributed by atoms with Crippen molar-refractivity contribution in [3.8, 4) is 11.5 Å². The first-order valence-corrected chi connectivity index (χ1v) is 6.82. The van der Waals surface area contributed by atoms with E-state index in [2.05, 4.69) is 5.32 Å². The third-order valence-corrected chi connectivity index (χ3v) is 3.38. The Hall–Kier alpha value is -2.80. The Morgan fingerprint density at radius 3 is 2.30 bits per heavy atom. The van der Waals surface area contributed by atoms with E-state index < -0.39 is 10.8 Å². The lowest BCUT2D eigenvalue weighted by Gasteiger charge is -2.13. The number of ether oxygens (including phenoxy) is 2. The van der Waals surface area contributed by atoms with Gasteiger partial charge in [-0.25, -0.2) is 0 Å². The molecule has 2 rings (SSSR count). The first-order valence-electron chi connectivity index (χ1n) is 6.44. The maximum Gasteiger partial charge on any atom is 0.289 e. The van der Waals surface area contributed by atoms with Crippen molar-refractivity contribution in [2.24, 2.45) is 0 Å². The Bertz CT molecular complexity index is 741. The molecule has 2 aromatic carbocycles. The molecule has 8 heteroatoms. The van der Waals surface area contributed by atoms with E-state index in [4.69, 9.17) is 21.1 Å². The van der Waals surface area contributed by atoms with Gasteiger partial charge in [-0.05, 0) is 24.3 Å². The Labute approximate surface area is 136 Å². The minimum atomic E-state index is -0.623. The fraction of sp³-hybridized carbons (Fsp3) is 0.133. The summed E-state index contributed by atoms with van der Waals surface area (Å²) in [5, 5.41) is 13.5. The molecule has 23 heavy (non-hydrogen) atoms. The van der Waals surface area contributed by atoms with Crippen LogP contribution in [0.5, 0.6) is 11.5 Å². The van der Waals surface area contributed by atoms with Crippen LogP contribution in [0.15, 0.2) is 36.4 Å². The smallest absolute Gasteiger partial charge is 0.289 e. The molecule has 0 atom stereocenters. The van der Waals surface area contributed by atoms with E-state index in [0.717, 1.165) is 0 Å². The molecule has 0 radical (unpaired) electrons. The van der Waals surface area contributed by atoms with E-state index in [0.29, 0.717) is 11.5 Å². The van der Waals surface area contributed by atoms with Crippen LogP contribution in [-0.4, -0.2) is 25.1 Å². The van der Waals surface area contributed by atoms with Crippen molar-refractivity contribution in [2.75, 3.05) is 19.5 Å². The summed E-state index contributed by atoms with van der Waals surface area (Å²) >= 11 is 5.75. The highest BCUT2D eigenvalue weighted by molar-refractivity contribution is 6.32. The summed E-state index contributed by atoms with van der Waals surface area (Å²) in [6, 6.07) is 8.90. The number of methoxy groups -OCH3 is 2. The molecular weight excluding hydrogens is 324 g/mol. The average Bonchev–Trinajstić information content (AvgIpc) is 2.55. The molecule has 0 aromatic heterocycles. The number of hydrogen-bond acceptors (Lipinski definition) is 5. The number of hydrogen-bond donors (Lipinski definition) is 1. The quantitative estimate of drug-likeness (QED) is 0.666. The minimum absolute atomic E-state index is 0.0112. The highest BCUT2D eigenvalue weighted by atomic mass is 35.5. The van der Waals surface area contributed by atoms with Crippen molar-refractivity contribution in [1.82, 2.24) is 0 Å². The molecule has 120 valence electrons. The van der Waals surface area contributed by atoms with E-state index >= 15 is 0 Å². The predicted molar refractivity (Wildman–Crippen MR) is 85.6 cm³/mol. The van der Waals surface area contributed by atoms with Gasteiger partial charge in [0.15, 0.2) is 0 Å².